The molecule has 2 heterocycles. The molecule has 25 heavy (non-hydrogen) atoms. The van der Waals surface area contributed by atoms with Crippen molar-refractivity contribution < 1.29 is 0 Å². The number of aryl methyl sites for hydroxylation is 1. The normalized spacial score (nSPS) is 11.4. The first-order chi connectivity index (χ1) is 12.2. The van der Waals surface area contributed by atoms with Gasteiger partial charge in [-0.25, -0.2) is 9.67 Å². The molecule has 0 bridgehead atoms. The highest BCUT2D eigenvalue weighted by atomic mass is 16.1. The Bertz CT molecular complexity index is 1130. The molecule has 6 nitrogen and oxygen atoms in total. The van der Waals surface area contributed by atoms with Crippen LogP contribution in [0.3, 0.4) is 0 Å². The van der Waals surface area contributed by atoms with Gasteiger partial charge >= 0.3 is 0 Å². The minimum atomic E-state index is -0.185. The third kappa shape index (κ3) is 2.85. The summed E-state index contributed by atoms with van der Waals surface area (Å²) in [6.07, 6.45) is 5.16. The molecular formula is C19H15N5O. The van der Waals surface area contributed by atoms with Crippen molar-refractivity contribution in [3.63, 3.8) is 0 Å². The zero-order valence-corrected chi connectivity index (χ0v) is 13.6. The zero-order chi connectivity index (χ0) is 17.2. The summed E-state index contributed by atoms with van der Waals surface area (Å²) in [4.78, 5) is 17.0. The average molecular weight is 329 g/mol. The number of aromatic nitrogens is 4. The van der Waals surface area contributed by atoms with Gasteiger partial charge in [0.15, 0.2) is 0 Å². The first-order valence-electron chi connectivity index (χ1n) is 7.85. The average Bonchev–Trinajstić information content (AvgIpc) is 3.11. The fourth-order valence-corrected chi connectivity index (χ4v) is 2.62. The maximum atomic E-state index is 12.6. The molecule has 4 aromatic rings. The van der Waals surface area contributed by atoms with Crippen molar-refractivity contribution in [2.24, 2.45) is 5.10 Å². The summed E-state index contributed by atoms with van der Waals surface area (Å²) in [6.45, 7) is 1.76. The lowest BCUT2D eigenvalue weighted by molar-refractivity contribution is 0.771. The molecule has 0 N–H and O–H groups in total. The number of fused-ring (bicyclic) bond motifs is 1. The van der Waals surface area contributed by atoms with E-state index >= 15 is 0 Å². The first-order valence-corrected chi connectivity index (χ1v) is 7.85. The fourth-order valence-electron chi connectivity index (χ4n) is 2.62. The van der Waals surface area contributed by atoms with Crippen molar-refractivity contribution >= 4 is 17.1 Å². The molecule has 0 saturated carbocycles. The number of para-hydroxylation sites is 2. The van der Waals surface area contributed by atoms with E-state index in [1.807, 2.05) is 54.7 Å². The minimum Gasteiger partial charge on any atom is -0.267 e. The van der Waals surface area contributed by atoms with Crippen LogP contribution in [-0.2, 0) is 0 Å². The van der Waals surface area contributed by atoms with E-state index in [0.717, 1.165) is 11.3 Å². The maximum absolute atomic E-state index is 12.6. The standard InChI is InChI=1S/C19H15N5O/c1-14-22-18-10-6-5-9-17(18)19(25)24(14)21-12-15-11-20-23(13-15)16-7-3-2-4-8-16/h2-13H,1H3/b21-12-. The number of benzene rings is 2. The van der Waals surface area contributed by atoms with Gasteiger partial charge in [0.25, 0.3) is 5.56 Å². The van der Waals surface area contributed by atoms with E-state index in [1.165, 1.54) is 4.68 Å². The highest BCUT2D eigenvalue weighted by molar-refractivity contribution is 5.80. The summed E-state index contributed by atoms with van der Waals surface area (Å²) in [5, 5.41) is 9.16. The highest BCUT2D eigenvalue weighted by Gasteiger charge is 2.06. The molecule has 0 amide bonds. The Balaban J connectivity index is 1.70. The largest absolute Gasteiger partial charge is 0.282 e. The molecule has 0 aliphatic heterocycles. The first kappa shape index (κ1) is 15.0. The summed E-state index contributed by atoms with van der Waals surface area (Å²) in [5.74, 6) is 0.537. The molecule has 2 aromatic heterocycles. The quantitative estimate of drug-likeness (QED) is 0.543. The smallest absolute Gasteiger partial charge is 0.267 e. The van der Waals surface area contributed by atoms with Gasteiger partial charge in [-0.15, -0.1) is 0 Å². The monoisotopic (exact) mass is 329 g/mol. The lowest BCUT2D eigenvalue weighted by Crippen LogP contribution is -2.20. The maximum Gasteiger partial charge on any atom is 0.282 e. The van der Waals surface area contributed by atoms with Gasteiger partial charge in [-0.1, -0.05) is 30.3 Å². The van der Waals surface area contributed by atoms with Gasteiger partial charge in [-0.05, 0) is 31.2 Å². The Hall–Kier alpha value is -3.54. The van der Waals surface area contributed by atoms with E-state index in [0.29, 0.717) is 16.7 Å². The molecule has 122 valence electrons. The lowest BCUT2D eigenvalue weighted by atomic mass is 10.2. The van der Waals surface area contributed by atoms with E-state index in [-0.39, 0.29) is 5.56 Å². The molecular weight excluding hydrogens is 314 g/mol. The van der Waals surface area contributed by atoms with E-state index < -0.39 is 0 Å². The van der Waals surface area contributed by atoms with Crippen LogP contribution in [0.1, 0.15) is 11.4 Å². The van der Waals surface area contributed by atoms with Crippen molar-refractivity contribution in [3.05, 3.63) is 88.7 Å². The van der Waals surface area contributed by atoms with Crippen LogP contribution in [-0.4, -0.2) is 25.7 Å². The van der Waals surface area contributed by atoms with Crippen molar-refractivity contribution in [3.8, 4) is 5.69 Å². The minimum absolute atomic E-state index is 0.185. The number of nitrogens with zero attached hydrogens (tertiary/aromatic N) is 5. The number of hydrogen-bond acceptors (Lipinski definition) is 4. The van der Waals surface area contributed by atoms with E-state index in [1.54, 1.807) is 30.1 Å². The molecule has 0 atom stereocenters. The van der Waals surface area contributed by atoms with E-state index in [2.05, 4.69) is 15.2 Å². The summed E-state index contributed by atoms with van der Waals surface area (Å²) in [7, 11) is 0. The Morgan fingerprint density at radius 1 is 1.04 bits per heavy atom. The molecule has 0 spiro atoms. The Morgan fingerprint density at radius 2 is 1.80 bits per heavy atom. The topological polar surface area (TPSA) is 65.1 Å². The fraction of sp³-hybridized carbons (Fsp3) is 0.0526. The predicted molar refractivity (Wildman–Crippen MR) is 97.3 cm³/mol. The van der Waals surface area contributed by atoms with Crippen molar-refractivity contribution in [2.45, 2.75) is 6.92 Å². The number of hydrogen-bond donors (Lipinski definition) is 0. The van der Waals surface area contributed by atoms with Gasteiger partial charge in [0.2, 0.25) is 0 Å². The molecule has 0 radical (unpaired) electrons. The van der Waals surface area contributed by atoms with Gasteiger partial charge in [0.1, 0.15) is 5.82 Å². The third-order valence-corrected chi connectivity index (χ3v) is 3.86. The highest BCUT2D eigenvalue weighted by Crippen LogP contribution is 2.08. The molecule has 0 aliphatic carbocycles. The van der Waals surface area contributed by atoms with Crippen LogP contribution in [0.25, 0.3) is 16.6 Å². The van der Waals surface area contributed by atoms with Crippen LogP contribution in [0.15, 0.2) is 76.9 Å². The molecule has 0 saturated heterocycles. The number of rotatable bonds is 3. The van der Waals surface area contributed by atoms with Gasteiger partial charge < -0.3 is 0 Å². The van der Waals surface area contributed by atoms with Gasteiger partial charge in [0, 0.05) is 11.8 Å². The van der Waals surface area contributed by atoms with Crippen LogP contribution >= 0.6 is 0 Å². The van der Waals surface area contributed by atoms with Crippen LogP contribution < -0.4 is 5.56 Å². The Labute approximate surface area is 143 Å². The van der Waals surface area contributed by atoms with Crippen LogP contribution in [0.2, 0.25) is 0 Å². The van der Waals surface area contributed by atoms with Gasteiger partial charge in [-0.3, -0.25) is 4.79 Å². The summed E-state index contributed by atoms with van der Waals surface area (Å²) in [5.41, 5.74) is 2.24. The molecule has 2 aromatic carbocycles. The zero-order valence-electron chi connectivity index (χ0n) is 13.6. The van der Waals surface area contributed by atoms with Crippen LogP contribution in [0.5, 0.6) is 0 Å². The van der Waals surface area contributed by atoms with Gasteiger partial charge in [-0.2, -0.15) is 14.9 Å². The van der Waals surface area contributed by atoms with Crippen molar-refractivity contribution in [2.75, 3.05) is 0 Å². The molecule has 4 rings (SSSR count). The second-order valence-electron chi connectivity index (χ2n) is 5.59. The molecule has 6 heteroatoms. The van der Waals surface area contributed by atoms with Crippen molar-refractivity contribution in [1.29, 1.82) is 0 Å². The summed E-state index contributed by atoms with van der Waals surface area (Å²) >= 11 is 0. The van der Waals surface area contributed by atoms with Crippen LogP contribution in [0, 0.1) is 6.92 Å². The molecule has 0 unspecified atom stereocenters. The predicted octanol–water partition coefficient (Wildman–Crippen LogP) is 2.77. The summed E-state index contributed by atoms with van der Waals surface area (Å²) in [6, 6.07) is 17.1. The van der Waals surface area contributed by atoms with E-state index in [4.69, 9.17) is 0 Å². The van der Waals surface area contributed by atoms with Gasteiger partial charge in [0.05, 0.1) is 29.0 Å². The second kappa shape index (κ2) is 6.16. The summed E-state index contributed by atoms with van der Waals surface area (Å²) < 4.78 is 3.07. The third-order valence-electron chi connectivity index (χ3n) is 3.86. The Kier molecular flexibility index (Phi) is 3.70. The van der Waals surface area contributed by atoms with Crippen LogP contribution in [0.4, 0.5) is 0 Å². The molecule has 0 fully saturated rings. The second-order valence-corrected chi connectivity index (χ2v) is 5.59. The van der Waals surface area contributed by atoms with E-state index in [9.17, 15) is 4.79 Å². The van der Waals surface area contributed by atoms with Crippen molar-refractivity contribution in [1.82, 2.24) is 19.4 Å². The lowest BCUT2D eigenvalue weighted by Gasteiger charge is -2.04. The SMILES string of the molecule is Cc1nc2ccccc2c(=O)n1/N=C\c1cnn(-c2ccccc2)c1. The Morgan fingerprint density at radius 3 is 2.64 bits per heavy atom. The molecule has 0 aliphatic rings.